The van der Waals surface area contributed by atoms with Crippen molar-refractivity contribution in [3.63, 3.8) is 0 Å². The van der Waals surface area contributed by atoms with E-state index >= 15 is 0 Å². The molecule has 2 fully saturated rings. The molecule has 132 valence electrons. The summed E-state index contributed by atoms with van der Waals surface area (Å²) in [6.45, 7) is 0. The summed E-state index contributed by atoms with van der Waals surface area (Å²) in [4.78, 5) is 15.4. The van der Waals surface area contributed by atoms with Crippen LogP contribution in [0.4, 0.5) is 17.6 Å². The SMILES string of the molecule is O=C(NC1(C2CC2)CC1)c1ccc(-c2noc(C(F)(F)F)n2)c(F)c1. The zero-order valence-corrected chi connectivity index (χ0v) is 12.9. The molecule has 2 aliphatic carbocycles. The van der Waals surface area contributed by atoms with E-state index < -0.39 is 23.7 Å². The highest BCUT2D eigenvalue weighted by atomic mass is 19.4. The van der Waals surface area contributed by atoms with Crippen LogP contribution in [0.2, 0.25) is 0 Å². The normalized spacial score (nSPS) is 18.9. The molecule has 25 heavy (non-hydrogen) atoms. The van der Waals surface area contributed by atoms with Crippen molar-refractivity contribution in [2.75, 3.05) is 0 Å². The average molecular weight is 355 g/mol. The van der Waals surface area contributed by atoms with Crippen LogP contribution in [0, 0.1) is 11.7 Å². The quantitative estimate of drug-likeness (QED) is 0.852. The van der Waals surface area contributed by atoms with Gasteiger partial charge in [0.05, 0.1) is 5.56 Å². The van der Waals surface area contributed by atoms with E-state index in [9.17, 15) is 22.4 Å². The zero-order valence-electron chi connectivity index (χ0n) is 12.9. The minimum Gasteiger partial charge on any atom is -0.346 e. The summed E-state index contributed by atoms with van der Waals surface area (Å²) < 4.78 is 55.8. The van der Waals surface area contributed by atoms with Gasteiger partial charge in [0.25, 0.3) is 5.91 Å². The fourth-order valence-corrected chi connectivity index (χ4v) is 2.99. The lowest BCUT2D eigenvalue weighted by Gasteiger charge is -2.16. The number of nitrogens with one attached hydrogen (secondary N) is 1. The molecule has 0 bridgehead atoms. The number of hydrogen-bond acceptors (Lipinski definition) is 4. The highest BCUT2D eigenvalue weighted by Gasteiger charge is 2.54. The third-order valence-corrected chi connectivity index (χ3v) is 4.65. The van der Waals surface area contributed by atoms with Gasteiger partial charge in [-0.1, -0.05) is 5.16 Å². The van der Waals surface area contributed by atoms with Crippen molar-refractivity contribution in [1.82, 2.24) is 15.5 Å². The standard InChI is InChI=1S/C16H13F4N3O2/c17-11-7-8(13(24)22-15(5-6-15)9-2-3-9)1-4-10(11)12-21-14(25-23-12)16(18,19)20/h1,4,7,9H,2-3,5-6H2,(H,22,24). The van der Waals surface area contributed by atoms with E-state index in [1.807, 2.05) is 0 Å². The third kappa shape index (κ3) is 2.98. The second kappa shape index (κ2) is 5.27. The number of aromatic nitrogens is 2. The lowest BCUT2D eigenvalue weighted by molar-refractivity contribution is -0.159. The van der Waals surface area contributed by atoms with Gasteiger partial charge in [-0.15, -0.1) is 0 Å². The maximum Gasteiger partial charge on any atom is 0.471 e. The van der Waals surface area contributed by atoms with Gasteiger partial charge in [0.2, 0.25) is 5.82 Å². The number of rotatable bonds is 4. The molecule has 1 heterocycles. The van der Waals surface area contributed by atoms with E-state index in [1.54, 1.807) is 0 Å². The lowest BCUT2D eigenvalue weighted by Crippen LogP contribution is -2.38. The predicted molar refractivity (Wildman–Crippen MR) is 76.8 cm³/mol. The minimum absolute atomic E-state index is 0.104. The summed E-state index contributed by atoms with van der Waals surface area (Å²) in [6.07, 6.45) is -0.775. The van der Waals surface area contributed by atoms with E-state index in [4.69, 9.17) is 0 Å². The first kappa shape index (κ1) is 16.0. The van der Waals surface area contributed by atoms with E-state index in [1.165, 1.54) is 12.1 Å². The molecular formula is C16H13F4N3O2. The summed E-state index contributed by atoms with van der Waals surface area (Å²) in [5.74, 6) is -2.85. The molecule has 9 heteroatoms. The molecule has 0 saturated heterocycles. The number of alkyl halides is 3. The molecule has 0 aliphatic heterocycles. The molecule has 1 aromatic heterocycles. The van der Waals surface area contributed by atoms with Crippen LogP contribution in [0.5, 0.6) is 0 Å². The number of nitrogens with zero attached hydrogens (tertiary/aromatic N) is 2. The van der Waals surface area contributed by atoms with Crippen LogP contribution < -0.4 is 5.32 Å². The summed E-state index contributed by atoms with van der Waals surface area (Å²) in [7, 11) is 0. The molecule has 2 aliphatic rings. The maximum atomic E-state index is 14.2. The highest BCUT2D eigenvalue weighted by Crippen LogP contribution is 2.53. The topological polar surface area (TPSA) is 68.0 Å². The Morgan fingerprint density at radius 3 is 2.52 bits per heavy atom. The summed E-state index contributed by atoms with van der Waals surface area (Å²) in [5.41, 5.74) is -0.312. The van der Waals surface area contributed by atoms with E-state index in [0.717, 1.165) is 31.7 Å². The Balaban J connectivity index is 1.54. The molecule has 4 rings (SSSR count). The Bertz CT molecular complexity index is 838. The summed E-state index contributed by atoms with van der Waals surface area (Å²) >= 11 is 0. The highest BCUT2D eigenvalue weighted by molar-refractivity contribution is 5.95. The maximum absolute atomic E-state index is 14.2. The molecule has 0 spiro atoms. The molecule has 2 aromatic rings. The first-order valence-corrected chi connectivity index (χ1v) is 7.82. The van der Waals surface area contributed by atoms with Gasteiger partial charge in [0, 0.05) is 11.1 Å². The van der Waals surface area contributed by atoms with Crippen LogP contribution in [-0.4, -0.2) is 21.6 Å². The second-order valence-corrected chi connectivity index (χ2v) is 6.50. The van der Waals surface area contributed by atoms with Gasteiger partial charge in [-0.05, 0) is 49.8 Å². The molecule has 0 radical (unpaired) electrons. The number of amides is 1. The van der Waals surface area contributed by atoms with Crippen LogP contribution in [0.1, 0.15) is 41.9 Å². The molecular weight excluding hydrogens is 342 g/mol. The minimum atomic E-state index is -4.80. The van der Waals surface area contributed by atoms with Crippen LogP contribution >= 0.6 is 0 Å². The molecule has 1 amide bonds. The van der Waals surface area contributed by atoms with E-state index in [2.05, 4.69) is 20.0 Å². The van der Waals surface area contributed by atoms with Crippen LogP contribution in [0.15, 0.2) is 22.7 Å². The Morgan fingerprint density at radius 1 is 1.28 bits per heavy atom. The van der Waals surface area contributed by atoms with Gasteiger partial charge in [-0.2, -0.15) is 18.2 Å². The zero-order chi connectivity index (χ0) is 17.8. The van der Waals surface area contributed by atoms with Crippen molar-refractivity contribution < 1.29 is 26.9 Å². The Hall–Kier alpha value is -2.45. The Morgan fingerprint density at radius 2 is 2.00 bits per heavy atom. The van der Waals surface area contributed by atoms with Gasteiger partial charge in [-0.3, -0.25) is 4.79 Å². The fraction of sp³-hybridized carbons (Fsp3) is 0.438. The summed E-state index contributed by atoms with van der Waals surface area (Å²) in [6, 6.07) is 3.48. The molecule has 0 atom stereocenters. The van der Waals surface area contributed by atoms with E-state index in [-0.39, 0.29) is 22.6 Å². The smallest absolute Gasteiger partial charge is 0.346 e. The van der Waals surface area contributed by atoms with Crippen molar-refractivity contribution >= 4 is 5.91 Å². The number of benzene rings is 1. The largest absolute Gasteiger partial charge is 0.471 e. The molecule has 5 nitrogen and oxygen atoms in total. The van der Waals surface area contributed by atoms with Gasteiger partial charge >= 0.3 is 12.1 Å². The third-order valence-electron chi connectivity index (χ3n) is 4.65. The molecule has 1 N–H and O–H groups in total. The molecule has 2 saturated carbocycles. The fourth-order valence-electron chi connectivity index (χ4n) is 2.99. The number of halogens is 4. The van der Waals surface area contributed by atoms with Gasteiger partial charge in [0.1, 0.15) is 5.82 Å². The molecule has 0 unspecified atom stereocenters. The van der Waals surface area contributed by atoms with Crippen LogP contribution in [-0.2, 0) is 6.18 Å². The van der Waals surface area contributed by atoms with Crippen molar-refractivity contribution in [2.24, 2.45) is 5.92 Å². The number of carbonyl (C=O) groups excluding carboxylic acids is 1. The first-order chi connectivity index (χ1) is 11.8. The van der Waals surface area contributed by atoms with Crippen LogP contribution in [0.3, 0.4) is 0 Å². The number of hydrogen-bond donors (Lipinski definition) is 1. The average Bonchev–Trinajstić information content (AvgIpc) is 3.45. The van der Waals surface area contributed by atoms with E-state index in [0.29, 0.717) is 5.92 Å². The number of carbonyl (C=O) groups is 1. The monoisotopic (exact) mass is 355 g/mol. The van der Waals surface area contributed by atoms with Crippen molar-refractivity contribution in [3.05, 3.63) is 35.5 Å². The van der Waals surface area contributed by atoms with Gasteiger partial charge in [-0.25, -0.2) is 4.39 Å². The van der Waals surface area contributed by atoms with Crippen molar-refractivity contribution in [2.45, 2.75) is 37.4 Å². The van der Waals surface area contributed by atoms with Crippen molar-refractivity contribution in [3.8, 4) is 11.4 Å². The second-order valence-electron chi connectivity index (χ2n) is 6.50. The first-order valence-electron chi connectivity index (χ1n) is 7.82. The van der Waals surface area contributed by atoms with Gasteiger partial charge < -0.3 is 9.84 Å². The Labute approximate surface area is 139 Å². The predicted octanol–water partition coefficient (Wildman–Crippen LogP) is 3.57. The lowest BCUT2D eigenvalue weighted by atomic mass is 10.1. The van der Waals surface area contributed by atoms with Crippen LogP contribution in [0.25, 0.3) is 11.4 Å². The van der Waals surface area contributed by atoms with Gasteiger partial charge in [0.15, 0.2) is 0 Å². The summed E-state index contributed by atoms with van der Waals surface area (Å²) in [5, 5.41) is 6.09. The molecule has 1 aromatic carbocycles. The Kier molecular flexibility index (Phi) is 3.38. The van der Waals surface area contributed by atoms with Crippen molar-refractivity contribution in [1.29, 1.82) is 0 Å².